The van der Waals surface area contributed by atoms with E-state index in [1.165, 1.54) is 13.2 Å². The summed E-state index contributed by atoms with van der Waals surface area (Å²) in [5, 5.41) is 2.09. The van der Waals surface area contributed by atoms with Gasteiger partial charge in [-0.25, -0.2) is 4.79 Å². The Morgan fingerprint density at radius 3 is 2.46 bits per heavy atom. The molecule has 1 saturated heterocycles. The molecule has 1 fully saturated rings. The van der Waals surface area contributed by atoms with Gasteiger partial charge in [-0.3, -0.25) is 19.3 Å². The van der Waals surface area contributed by atoms with Gasteiger partial charge in [0.25, 0.3) is 11.1 Å². The van der Waals surface area contributed by atoms with Gasteiger partial charge in [0, 0.05) is 5.69 Å². The number of methoxy groups -OCH3 is 1. The van der Waals surface area contributed by atoms with Crippen molar-refractivity contribution in [2.75, 3.05) is 38.8 Å². The third kappa shape index (κ3) is 7.49. The van der Waals surface area contributed by atoms with Gasteiger partial charge < -0.3 is 24.3 Å². The van der Waals surface area contributed by atoms with Crippen molar-refractivity contribution in [3.8, 4) is 17.2 Å². The number of nitrogens with zero attached hydrogens (tertiary/aromatic N) is 1. The van der Waals surface area contributed by atoms with E-state index in [0.29, 0.717) is 39.6 Å². The average molecular weight is 593 g/mol. The molecule has 37 heavy (non-hydrogen) atoms. The predicted molar refractivity (Wildman–Crippen MR) is 142 cm³/mol. The molecule has 0 atom stereocenters. The predicted octanol–water partition coefficient (Wildman–Crippen LogP) is 4.47. The minimum atomic E-state index is -0.586. The molecule has 0 bridgehead atoms. The molecule has 0 saturated carbocycles. The summed E-state index contributed by atoms with van der Waals surface area (Å²) < 4.78 is 21.6. The van der Waals surface area contributed by atoms with E-state index in [1.807, 2.05) is 0 Å². The summed E-state index contributed by atoms with van der Waals surface area (Å²) in [5.74, 6) is -0.354. The topological polar surface area (TPSA) is 120 Å². The number of rotatable bonds is 11. The normalized spacial score (nSPS) is 14.1. The van der Waals surface area contributed by atoms with Crippen molar-refractivity contribution in [1.29, 1.82) is 0 Å². The van der Waals surface area contributed by atoms with Gasteiger partial charge in [-0.05, 0) is 89.6 Å². The van der Waals surface area contributed by atoms with Gasteiger partial charge in [-0.15, -0.1) is 0 Å². The van der Waals surface area contributed by atoms with Gasteiger partial charge in [0.2, 0.25) is 5.91 Å². The first kappa shape index (κ1) is 28.1. The number of hydrogen-bond donors (Lipinski definition) is 1. The Morgan fingerprint density at radius 2 is 1.81 bits per heavy atom. The highest BCUT2D eigenvalue weighted by molar-refractivity contribution is 9.10. The number of halogens is 1. The lowest BCUT2D eigenvalue weighted by molar-refractivity contribution is -0.145. The first-order valence-corrected chi connectivity index (χ1v) is 12.8. The molecule has 196 valence electrons. The van der Waals surface area contributed by atoms with E-state index in [2.05, 4.69) is 21.2 Å². The van der Waals surface area contributed by atoms with E-state index in [4.69, 9.17) is 18.9 Å². The molecule has 0 unspecified atom stereocenters. The second-order valence-corrected chi connectivity index (χ2v) is 9.25. The van der Waals surface area contributed by atoms with Gasteiger partial charge >= 0.3 is 5.97 Å². The van der Waals surface area contributed by atoms with Gasteiger partial charge in [0.15, 0.2) is 18.1 Å². The maximum absolute atomic E-state index is 12.9. The van der Waals surface area contributed by atoms with Crippen LogP contribution in [0.2, 0.25) is 0 Å². The number of imide groups is 1. The zero-order valence-corrected chi connectivity index (χ0v) is 22.8. The third-order valence-corrected chi connectivity index (χ3v) is 6.31. The Balaban J connectivity index is 1.73. The molecular weight excluding hydrogens is 568 g/mol. The number of carbonyl (C=O) groups is 4. The summed E-state index contributed by atoms with van der Waals surface area (Å²) in [6.45, 7) is 3.32. The molecule has 1 N–H and O–H groups in total. The molecule has 1 heterocycles. The number of carbonyl (C=O) groups excluding carboxylic acids is 4. The van der Waals surface area contributed by atoms with Crippen LogP contribution in [0.3, 0.4) is 0 Å². The Hall–Kier alpha value is -3.51. The highest BCUT2D eigenvalue weighted by atomic mass is 79.9. The van der Waals surface area contributed by atoms with Crippen molar-refractivity contribution in [2.24, 2.45) is 0 Å². The molecule has 0 radical (unpaired) electrons. The average Bonchev–Trinajstić information content (AvgIpc) is 3.11. The molecular formula is C25H25BrN2O8S. The summed E-state index contributed by atoms with van der Waals surface area (Å²) in [4.78, 5) is 50.5. The van der Waals surface area contributed by atoms with Crippen LogP contribution in [-0.2, 0) is 19.1 Å². The number of nitrogens with one attached hydrogen (secondary N) is 1. The fourth-order valence-corrected chi connectivity index (χ4v) is 4.63. The van der Waals surface area contributed by atoms with Gasteiger partial charge in [0.1, 0.15) is 12.3 Å². The van der Waals surface area contributed by atoms with Crippen LogP contribution in [-0.4, -0.2) is 61.4 Å². The lowest BCUT2D eigenvalue weighted by atomic mass is 10.2. The molecule has 0 aliphatic carbocycles. The van der Waals surface area contributed by atoms with Crippen LogP contribution >= 0.6 is 27.7 Å². The standard InChI is InChI=1S/C25H25BrN2O8S/c1-4-34-19-11-15(10-18(26)23(19)36-14-22(30)35-5-2)12-20-24(31)28(25(32)37-20)13-21(29)27-16-6-8-17(33-3)9-7-16/h6-12H,4-5,13-14H2,1-3H3,(H,27,29)/b20-12+. The summed E-state index contributed by atoms with van der Waals surface area (Å²) in [6.07, 6.45) is 1.52. The second kappa shape index (κ2) is 13.2. The Labute approximate surface area is 226 Å². The SMILES string of the molecule is CCOC(=O)COc1c(Br)cc(/C=C2/SC(=O)N(CC(=O)Nc3ccc(OC)cc3)C2=O)cc1OCC. The van der Waals surface area contributed by atoms with Gasteiger partial charge in [-0.2, -0.15) is 0 Å². The van der Waals surface area contributed by atoms with Crippen molar-refractivity contribution in [3.63, 3.8) is 0 Å². The van der Waals surface area contributed by atoms with Crippen molar-refractivity contribution >= 4 is 62.5 Å². The maximum Gasteiger partial charge on any atom is 0.344 e. The van der Waals surface area contributed by atoms with E-state index in [-0.39, 0.29) is 18.1 Å². The van der Waals surface area contributed by atoms with E-state index in [0.717, 1.165) is 16.7 Å². The molecule has 1 aliphatic rings. The third-order valence-electron chi connectivity index (χ3n) is 4.82. The molecule has 0 aromatic heterocycles. The number of thioether (sulfide) groups is 1. The first-order chi connectivity index (χ1) is 17.7. The summed E-state index contributed by atoms with van der Waals surface area (Å²) >= 11 is 4.13. The number of hydrogen-bond acceptors (Lipinski definition) is 9. The number of benzene rings is 2. The Kier molecular flexibility index (Phi) is 9.98. The fraction of sp³-hybridized carbons (Fsp3) is 0.280. The number of anilines is 1. The fourth-order valence-electron chi connectivity index (χ4n) is 3.21. The Bertz CT molecular complexity index is 1220. The maximum atomic E-state index is 12.9. The van der Waals surface area contributed by atoms with Crippen LogP contribution in [0.25, 0.3) is 6.08 Å². The highest BCUT2D eigenvalue weighted by Crippen LogP contribution is 2.39. The number of esters is 1. The second-order valence-electron chi connectivity index (χ2n) is 7.40. The lowest BCUT2D eigenvalue weighted by Gasteiger charge is -2.14. The van der Waals surface area contributed by atoms with Crippen molar-refractivity contribution in [1.82, 2.24) is 4.90 Å². The van der Waals surface area contributed by atoms with Crippen LogP contribution in [0.1, 0.15) is 19.4 Å². The molecule has 10 nitrogen and oxygen atoms in total. The molecule has 3 amide bonds. The zero-order valence-electron chi connectivity index (χ0n) is 20.4. The minimum Gasteiger partial charge on any atom is -0.497 e. The van der Waals surface area contributed by atoms with Crippen molar-refractivity contribution in [2.45, 2.75) is 13.8 Å². The minimum absolute atomic E-state index is 0.150. The van der Waals surface area contributed by atoms with E-state index < -0.39 is 29.6 Å². The molecule has 1 aliphatic heterocycles. The van der Waals surface area contributed by atoms with Crippen LogP contribution in [0, 0.1) is 0 Å². The van der Waals surface area contributed by atoms with Crippen LogP contribution in [0.4, 0.5) is 10.5 Å². The van der Waals surface area contributed by atoms with E-state index in [1.54, 1.807) is 50.2 Å². The van der Waals surface area contributed by atoms with Crippen molar-refractivity contribution < 1.29 is 38.1 Å². The summed E-state index contributed by atoms with van der Waals surface area (Å²) in [5.41, 5.74) is 1.05. The smallest absolute Gasteiger partial charge is 0.344 e. The van der Waals surface area contributed by atoms with E-state index >= 15 is 0 Å². The van der Waals surface area contributed by atoms with Gasteiger partial charge in [0.05, 0.1) is 29.7 Å². The Morgan fingerprint density at radius 1 is 1.08 bits per heavy atom. The van der Waals surface area contributed by atoms with E-state index in [9.17, 15) is 19.2 Å². The zero-order chi connectivity index (χ0) is 26.9. The number of amides is 3. The molecule has 2 aromatic rings. The summed E-state index contributed by atoms with van der Waals surface area (Å²) in [6, 6.07) is 9.95. The van der Waals surface area contributed by atoms with Crippen LogP contribution in [0.5, 0.6) is 17.2 Å². The summed E-state index contributed by atoms with van der Waals surface area (Å²) in [7, 11) is 1.53. The first-order valence-electron chi connectivity index (χ1n) is 11.2. The number of ether oxygens (including phenoxy) is 4. The lowest BCUT2D eigenvalue weighted by Crippen LogP contribution is -2.36. The molecule has 3 rings (SSSR count). The van der Waals surface area contributed by atoms with Crippen LogP contribution < -0.4 is 19.5 Å². The molecule has 12 heteroatoms. The van der Waals surface area contributed by atoms with Crippen molar-refractivity contribution in [3.05, 3.63) is 51.3 Å². The monoisotopic (exact) mass is 592 g/mol. The van der Waals surface area contributed by atoms with Crippen LogP contribution in [0.15, 0.2) is 45.8 Å². The highest BCUT2D eigenvalue weighted by Gasteiger charge is 2.36. The molecule has 2 aromatic carbocycles. The molecule has 0 spiro atoms. The quantitative estimate of drug-likeness (QED) is 0.297. The van der Waals surface area contributed by atoms with Gasteiger partial charge in [-0.1, -0.05) is 0 Å². The largest absolute Gasteiger partial charge is 0.497 e.